The van der Waals surface area contributed by atoms with Crippen LogP contribution in [0.5, 0.6) is 11.5 Å². The first-order valence-electron chi connectivity index (χ1n) is 22.7. The van der Waals surface area contributed by atoms with Gasteiger partial charge in [0.2, 0.25) is 5.56 Å². The number of anilines is 2. The minimum Gasteiger partial charge on any atom is -0.497 e. The zero-order valence-corrected chi connectivity index (χ0v) is 40.7. The van der Waals surface area contributed by atoms with E-state index in [0.29, 0.717) is 29.0 Å². The maximum atomic E-state index is 13.3. The van der Waals surface area contributed by atoms with Crippen molar-refractivity contribution in [2.24, 2.45) is 14.1 Å². The molecule has 2 atom stereocenters. The predicted molar refractivity (Wildman–Crippen MR) is 268 cm³/mol. The molecule has 4 heterocycles. The van der Waals surface area contributed by atoms with Gasteiger partial charge in [-0.15, -0.1) is 0 Å². The minimum absolute atomic E-state index is 0.0643. The third-order valence-corrected chi connectivity index (χ3v) is 13.0. The van der Waals surface area contributed by atoms with Crippen molar-refractivity contribution in [2.75, 3.05) is 71.3 Å². The Hall–Kier alpha value is -6.90. The van der Waals surface area contributed by atoms with Gasteiger partial charge in [0.15, 0.2) is 0 Å². The van der Waals surface area contributed by atoms with E-state index >= 15 is 0 Å². The summed E-state index contributed by atoms with van der Waals surface area (Å²) in [4.78, 5) is 45.1. The molecule has 2 aliphatic rings. The van der Waals surface area contributed by atoms with Crippen LogP contribution in [0.4, 0.5) is 11.4 Å². The highest BCUT2D eigenvalue weighted by Crippen LogP contribution is 2.32. The van der Waals surface area contributed by atoms with E-state index in [0.717, 1.165) is 87.8 Å². The summed E-state index contributed by atoms with van der Waals surface area (Å²) in [5.74, 6) is 1.26. The molecule has 14 heteroatoms. The normalized spacial score (nSPS) is 14.6. The van der Waals surface area contributed by atoms with Crippen molar-refractivity contribution < 1.29 is 19.1 Å². The number of ether oxygens (including phenoxy) is 2. The number of aromatic nitrogens is 3. The van der Waals surface area contributed by atoms with Crippen molar-refractivity contribution >= 4 is 23.2 Å². The topological polar surface area (TPSA) is 138 Å². The summed E-state index contributed by atoms with van der Waals surface area (Å²) in [6, 6.07) is 28.1. The second-order valence-corrected chi connectivity index (χ2v) is 18.1. The van der Waals surface area contributed by atoms with Crippen molar-refractivity contribution in [2.45, 2.75) is 51.9 Å². The Morgan fingerprint density at radius 1 is 0.672 bits per heavy atom. The summed E-state index contributed by atoms with van der Waals surface area (Å²) in [5, 5.41) is 13.9. The van der Waals surface area contributed by atoms with Gasteiger partial charge >= 0.3 is 0 Å². The lowest BCUT2D eigenvalue weighted by molar-refractivity contribution is 0.0930. The molecule has 2 unspecified atom stereocenters. The lowest BCUT2D eigenvalue weighted by Crippen LogP contribution is -2.57. The molecule has 0 spiro atoms. The number of hydrogen-bond donors (Lipinski definition) is 3. The third kappa shape index (κ3) is 11.2. The van der Waals surface area contributed by atoms with Crippen LogP contribution in [0.15, 0.2) is 108 Å². The van der Waals surface area contributed by atoms with Crippen molar-refractivity contribution in [3.8, 4) is 33.8 Å². The Morgan fingerprint density at radius 2 is 1.18 bits per heavy atom. The number of aryl methyl sites for hydroxylation is 4. The van der Waals surface area contributed by atoms with E-state index in [1.165, 1.54) is 0 Å². The molecular formula is C53H65N9O5. The molecule has 352 valence electrons. The highest BCUT2D eigenvalue weighted by Gasteiger charge is 2.29. The van der Waals surface area contributed by atoms with E-state index in [-0.39, 0.29) is 29.5 Å². The van der Waals surface area contributed by atoms with Crippen molar-refractivity contribution in [1.29, 1.82) is 0 Å². The zero-order chi connectivity index (χ0) is 48.1. The lowest BCUT2D eigenvalue weighted by atomic mass is 9.99. The fourth-order valence-corrected chi connectivity index (χ4v) is 8.33. The van der Waals surface area contributed by atoms with Gasteiger partial charge in [0.05, 0.1) is 32.5 Å². The molecule has 2 amide bonds. The van der Waals surface area contributed by atoms with Crippen molar-refractivity contribution in [3.05, 3.63) is 147 Å². The van der Waals surface area contributed by atoms with Gasteiger partial charge in [0.25, 0.3) is 11.8 Å². The zero-order valence-electron chi connectivity index (χ0n) is 40.7. The van der Waals surface area contributed by atoms with Crippen molar-refractivity contribution in [3.63, 3.8) is 0 Å². The summed E-state index contributed by atoms with van der Waals surface area (Å²) < 4.78 is 14.4. The summed E-state index contributed by atoms with van der Waals surface area (Å²) >= 11 is 0. The Labute approximate surface area is 394 Å². The van der Waals surface area contributed by atoms with E-state index in [1.807, 2.05) is 109 Å². The molecule has 2 aromatic heterocycles. The largest absolute Gasteiger partial charge is 0.497 e. The smallest absolute Gasteiger partial charge is 0.252 e. The molecule has 2 fully saturated rings. The molecule has 4 aromatic carbocycles. The van der Waals surface area contributed by atoms with Gasteiger partial charge in [-0.2, -0.15) is 5.10 Å². The molecule has 67 heavy (non-hydrogen) atoms. The SMILES string of the molecule is CNC1CN(c2ccc(C)c(C(=O)NC(C)c3cc(OC)cc(-c4cnn(C)c4)c3)c2)C1.COc1cc(-c2ccc(=O)n(C)c2)cc(C(C)NC(=O)c2cc(N3CC(N(C)C)C3)ccc2C)c1. The monoisotopic (exact) mass is 908 g/mol. The van der Waals surface area contributed by atoms with Gasteiger partial charge in [-0.25, -0.2) is 0 Å². The Kier molecular flexibility index (Phi) is 14.9. The van der Waals surface area contributed by atoms with Crippen LogP contribution in [0.25, 0.3) is 22.3 Å². The first kappa shape index (κ1) is 48.0. The number of carbonyl (C=O) groups is 2. The van der Waals surface area contributed by atoms with Crippen LogP contribution in [-0.2, 0) is 14.1 Å². The summed E-state index contributed by atoms with van der Waals surface area (Å²) in [5.41, 5.74) is 11.1. The third-order valence-electron chi connectivity index (χ3n) is 13.0. The molecule has 2 aliphatic heterocycles. The average molecular weight is 908 g/mol. The number of hydrogen-bond acceptors (Lipinski definition) is 10. The fraction of sp³-hybridized carbons (Fsp3) is 0.358. The molecule has 0 bridgehead atoms. The van der Waals surface area contributed by atoms with Gasteiger partial charge < -0.3 is 44.7 Å². The molecular weight excluding hydrogens is 843 g/mol. The Morgan fingerprint density at radius 3 is 1.63 bits per heavy atom. The minimum atomic E-state index is -0.242. The maximum Gasteiger partial charge on any atom is 0.252 e. The molecule has 6 aromatic rings. The summed E-state index contributed by atoms with van der Waals surface area (Å²) in [7, 11) is 13.1. The quantitative estimate of drug-likeness (QED) is 0.106. The standard InChI is InChI=1S/C28H34N4O3.C25H31N5O2/c1-18-7-9-23(32-16-24(17-32)30(3)4)14-26(18)28(34)29-19(2)21-11-22(13-25(12-21)35-6)20-8-10-27(33)31(5)15-20;1-16-6-7-22(30-14-21(15-30)26-3)11-24(16)25(31)28-17(2)18-8-19(10-23(9-18)32-5)20-12-27-29(4)13-20/h7-15,19,24H,16-17H2,1-6H3,(H,29,34);6-13,17,21,26H,14-15H2,1-5H3,(H,28,31). The van der Waals surface area contributed by atoms with Gasteiger partial charge in [-0.1, -0.05) is 12.1 Å². The maximum absolute atomic E-state index is 13.3. The van der Waals surface area contributed by atoms with Crippen LogP contribution in [-0.4, -0.2) is 105 Å². The number of carbonyl (C=O) groups excluding carboxylic acids is 2. The van der Waals surface area contributed by atoms with Crippen molar-refractivity contribution in [1.82, 2.24) is 35.2 Å². The molecule has 0 aliphatic carbocycles. The van der Waals surface area contributed by atoms with Crippen LogP contribution in [0.1, 0.15) is 68.9 Å². The van der Waals surface area contributed by atoms with E-state index < -0.39 is 0 Å². The van der Waals surface area contributed by atoms with Crippen LogP contribution in [0, 0.1) is 13.8 Å². The van der Waals surface area contributed by atoms with Gasteiger partial charge in [0.1, 0.15) is 11.5 Å². The highest BCUT2D eigenvalue weighted by atomic mass is 16.5. The molecule has 8 rings (SSSR count). The van der Waals surface area contributed by atoms with Crippen LogP contribution < -0.4 is 40.8 Å². The van der Waals surface area contributed by atoms with Gasteiger partial charge in [-0.05, 0) is 155 Å². The number of likely N-dealkylation sites (N-methyl/N-ethyl adjacent to an activating group) is 2. The molecule has 2 saturated heterocycles. The number of amides is 2. The average Bonchev–Trinajstić information content (AvgIpc) is 3.73. The van der Waals surface area contributed by atoms with E-state index in [1.54, 1.807) is 48.8 Å². The van der Waals surface area contributed by atoms with E-state index in [9.17, 15) is 14.4 Å². The number of methoxy groups -OCH3 is 2. The number of benzene rings is 4. The van der Waals surface area contributed by atoms with Gasteiger partial charge in [0, 0.05) is 98.9 Å². The second-order valence-electron chi connectivity index (χ2n) is 18.1. The lowest BCUT2D eigenvalue weighted by Gasteiger charge is -2.44. The van der Waals surface area contributed by atoms with E-state index in [2.05, 4.69) is 68.0 Å². The van der Waals surface area contributed by atoms with Crippen LogP contribution in [0.2, 0.25) is 0 Å². The second kappa shape index (κ2) is 20.7. The predicted octanol–water partition coefficient (Wildman–Crippen LogP) is 6.91. The molecule has 3 N–H and O–H groups in total. The summed E-state index contributed by atoms with van der Waals surface area (Å²) in [6.45, 7) is 11.7. The number of pyridine rings is 1. The molecule has 0 saturated carbocycles. The first-order valence-corrected chi connectivity index (χ1v) is 22.7. The Bertz CT molecular complexity index is 2790. The van der Waals surface area contributed by atoms with Crippen LogP contribution in [0.3, 0.4) is 0 Å². The molecule has 14 nitrogen and oxygen atoms in total. The van der Waals surface area contributed by atoms with E-state index in [4.69, 9.17) is 9.47 Å². The number of nitrogens with one attached hydrogen (secondary N) is 3. The number of rotatable bonds is 14. The fourth-order valence-electron chi connectivity index (χ4n) is 8.33. The Balaban J connectivity index is 0.000000200. The first-order chi connectivity index (χ1) is 32.0. The van der Waals surface area contributed by atoms with Crippen LogP contribution >= 0.6 is 0 Å². The molecule has 0 radical (unpaired) electrons. The highest BCUT2D eigenvalue weighted by molar-refractivity contribution is 5.97. The summed E-state index contributed by atoms with van der Waals surface area (Å²) in [6.07, 6.45) is 5.59. The number of nitrogens with zero attached hydrogens (tertiary/aromatic N) is 6. The van der Waals surface area contributed by atoms with Gasteiger partial charge in [-0.3, -0.25) is 19.1 Å².